The highest BCUT2D eigenvalue weighted by Gasteiger charge is 2.49. The molecular weight excluding hydrogens is 446 g/mol. The third-order valence-corrected chi connectivity index (χ3v) is 7.53. The van der Waals surface area contributed by atoms with E-state index in [4.69, 9.17) is 0 Å². The van der Waals surface area contributed by atoms with Gasteiger partial charge in [-0.1, -0.05) is 42.5 Å². The molecule has 1 aliphatic rings. The first kappa shape index (κ1) is 22.1. The molecule has 5 rings (SSSR count). The number of nitrogens with zero attached hydrogens (tertiary/aromatic N) is 2. The second-order valence-corrected chi connectivity index (χ2v) is 9.91. The number of amides is 3. The maximum atomic E-state index is 13.4. The van der Waals surface area contributed by atoms with E-state index < -0.39 is 17.5 Å². The Morgan fingerprint density at radius 3 is 2.50 bits per heavy atom. The van der Waals surface area contributed by atoms with Crippen molar-refractivity contribution in [2.24, 2.45) is 0 Å². The first-order valence-electron chi connectivity index (χ1n) is 11.1. The number of benzene rings is 2. The minimum absolute atomic E-state index is 0.253. The van der Waals surface area contributed by atoms with Crippen LogP contribution in [0.2, 0.25) is 0 Å². The van der Waals surface area contributed by atoms with Crippen LogP contribution in [-0.2, 0) is 16.9 Å². The number of carbonyl (C=O) groups excluding carboxylic acids is 3. The molecular formula is C27H25N3O3S. The van der Waals surface area contributed by atoms with Gasteiger partial charge in [-0.25, -0.2) is 4.79 Å². The average molecular weight is 472 g/mol. The van der Waals surface area contributed by atoms with E-state index in [0.29, 0.717) is 17.7 Å². The zero-order valence-corrected chi connectivity index (χ0v) is 20.1. The van der Waals surface area contributed by atoms with Crippen LogP contribution >= 0.6 is 11.3 Å². The average Bonchev–Trinajstić information content (AvgIpc) is 3.50. The Balaban J connectivity index is 1.39. The van der Waals surface area contributed by atoms with Gasteiger partial charge in [0.15, 0.2) is 5.78 Å². The van der Waals surface area contributed by atoms with Crippen molar-refractivity contribution in [1.29, 1.82) is 0 Å². The second-order valence-electron chi connectivity index (χ2n) is 8.88. The minimum Gasteiger partial charge on any atom is -0.343 e. The summed E-state index contributed by atoms with van der Waals surface area (Å²) in [6.07, 6.45) is 0. The van der Waals surface area contributed by atoms with Gasteiger partial charge in [0.25, 0.3) is 5.91 Å². The first-order valence-corrected chi connectivity index (χ1v) is 12.0. The third-order valence-electron chi connectivity index (χ3n) is 6.67. The number of hydrogen-bond acceptors (Lipinski definition) is 4. The van der Waals surface area contributed by atoms with E-state index in [1.807, 2.05) is 73.8 Å². The fourth-order valence-electron chi connectivity index (χ4n) is 4.65. The Hall–Kier alpha value is -3.71. The van der Waals surface area contributed by atoms with E-state index in [1.165, 1.54) is 4.88 Å². The Morgan fingerprint density at radius 1 is 1.00 bits per heavy atom. The molecule has 2 aromatic carbocycles. The summed E-state index contributed by atoms with van der Waals surface area (Å²) in [7, 11) is 0. The number of imide groups is 1. The van der Waals surface area contributed by atoms with Gasteiger partial charge in [0.2, 0.25) is 0 Å². The summed E-state index contributed by atoms with van der Waals surface area (Å²) in [4.78, 5) is 41.7. The van der Waals surface area contributed by atoms with Gasteiger partial charge in [-0.05, 0) is 60.7 Å². The normalized spacial score (nSPS) is 18.0. The van der Waals surface area contributed by atoms with Gasteiger partial charge < -0.3 is 9.88 Å². The Morgan fingerprint density at radius 2 is 1.76 bits per heavy atom. The number of ketones is 1. The van der Waals surface area contributed by atoms with Crippen LogP contribution in [0.5, 0.6) is 0 Å². The van der Waals surface area contributed by atoms with Gasteiger partial charge in [-0.2, -0.15) is 0 Å². The number of aromatic nitrogens is 1. The lowest BCUT2D eigenvalue weighted by atomic mass is 9.90. The van der Waals surface area contributed by atoms with E-state index >= 15 is 0 Å². The van der Waals surface area contributed by atoms with Crippen molar-refractivity contribution < 1.29 is 14.4 Å². The van der Waals surface area contributed by atoms with Gasteiger partial charge in [0, 0.05) is 21.8 Å². The van der Waals surface area contributed by atoms with Gasteiger partial charge in [-0.15, -0.1) is 11.3 Å². The molecule has 6 nitrogen and oxygen atoms in total. The standard InChI is InChI=1S/C27H25N3O3S/c1-17-13-23(18(2)29(17)15-22-9-6-12-34-22)24(31)16-30-25(32)27(3,28-26(30)33)21-11-10-19-7-4-5-8-20(19)14-21/h4-14H,15-16H2,1-3H3,(H,28,33). The van der Waals surface area contributed by atoms with Crippen LogP contribution in [0.15, 0.2) is 66.0 Å². The molecule has 1 fully saturated rings. The summed E-state index contributed by atoms with van der Waals surface area (Å²) in [5.74, 6) is -0.676. The lowest BCUT2D eigenvalue weighted by Gasteiger charge is -2.22. The van der Waals surface area contributed by atoms with Crippen LogP contribution in [0.1, 0.15) is 39.1 Å². The maximum absolute atomic E-state index is 13.4. The highest BCUT2D eigenvalue weighted by Crippen LogP contribution is 2.31. The lowest BCUT2D eigenvalue weighted by molar-refractivity contribution is -0.130. The fourth-order valence-corrected chi connectivity index (χ4v) is 5.34. The van der Waals surface area contributed by atoms with Gasteiger partial charge in [0.1, 0.15) is 5.54 Å². The van der Waals surface area contributed by atoms with Crippen molar-refractivity contribution in [3.8, 4) is 0 Å². The summed E-state index contributed by atoms with van der Waals surface area (Å²) in [5, 5.41) is 6.87. The summed E-state index contributed by atoms with van der Waals surface area (Å²) >= 11 is 1.67. The number of nitrogens with one attached hydrogen (secondary N) is 1. The second kappa shape index (κ2) is 8.25. The highest BCUT2D eigenvalue weighted by atomic mass is 32.1. The Bertz CT molecular complexity index is 1440. The highest BCUT2D eigenvalue weighted by molar-refractivity contribution is 7.09. The van der Waals surface area contributed by atoms with Gasteiger partial charge in [-0.3, -0.25) is 14.5 Å². The van der Waals surface area contributed by atoms with Crippen molar-refractivity contribution >= 4 is 39.8 Å². The van der Waals surface area contributed by atoms with Crippen LogP contribution < -0.4 is 5.32 Å². The molecule has 0 radical (unpaired) electrons. The zero-order chi connectivity index (χ0) is 24.0. The molecule has 1 unspecified atom stereocenters. The Labute approximate surface area is 201 Å². The predicted octanol–water partition coefficient (Wildman–Crippen LogP) is 5.02. The van der Waals surface area contributed by atoms with Crippen molar-refractivity contribution in [1.82, 2.24) is 14.8 Å². The summed E-state index contributed by atoms with van der Waals surface area (Å²) < 4.78 is 2.09. The van der Waals surface area contributed by atoms with Crippen LogP contribution in [0, 0.1) is 13.8 Å². The largest absolute Gasteiger partial charge is 0.343 e. The van der Waals surface area contributed by atoms with Crippen molar-refractivity contribution in [3.63, 3.8) is 0 Å². The number of rotatable bonds is 6. The number of fused-ring (bicyclic) bond motifs is 1. The molecule has 0 bridgehead atoms. The van der Waals surface area contributed by atoms with E-state index in [9.17, 15) is 14.4 Å². The van der Waals surface area contributed by atoms with Gasteiger partial charge >= 0.3 is 6.03 Å². The van der Waals surface area contributed by atoms with E-state index in [2.05, 4.69) is 16.0 Å². The molecule has 7 heteroatoms. The fraction of sp³-hybridized carbons (Fsp3) is 0.222. The molecule has 3 amide bonds. The van der Waals surface area contributed by atoms with Crippen LogP contribution in [0.25, 0.3) is 10.8 Å². The molecule has 172 valence electrons. The van der Waals surface area contributed by atoms with Crippen molar-refractivity contribution in [2.45, 2.75) is 32.9 Å². The minimum atomic E-state index is -1.22. The molecule has 1 N–H and O–H groups in total. The molecule has 3 heterocycles. The molecule has 0 saturated carbocycles. The van der Waals surface area contributed by atoms with Crippen LogP contribution in [0.4, 0.5) is 4.79 Å². The molecule has 1 aliphatic heterocycles. The Kier molecular flexibility index (Phi) is 5.37. The van der Waals surface area contributed by atoms with Gasteiger partial charge in [0.05, 0.1) is 13.1 Å². The topological polar surface area (TPSA) is 71.4 Å². The first-order chi connectivity index (χ1) is 16.3. The lowest BCUT2D eigenvalue weighted by Crippen LogP contribution is -2.41. The van der Waals surface area contributed by atoms with Crippen molar-refractivity contribution in [3.05, 3.63) is 93.4 Å². The molecule has 1 saturated heterocycles. The predicted molar refractivity (Wildman–Crippen MR) is 133 cm³/mol. The smallest absolute Gasteiger partial charge is 0.325 e. The number of urea groups is 1. The van der Waals surface area contributed by atoms with Crippen LogP contribution in [-0.4, -0.2) is 33.7 Å². The summed E-state index contributed by atoms with van der Waals surface area (Å²) in [6, 6.07) is 18.9. The quantitative estimate of drug-likeness (QED) is 0.317. The molecule has 0 spiro atoms. The molecule has 4 aromatic rings. The number of hydrogen-bond donors (Lipinski definition) is 1. The summed E-state index contributed by atoms with van der Waals surface area (Å²) in [5.41, 5.74) is 1.80. The monoisotopic (exact) mass is 471 g/mol. The maximum Gasteiger partial charge on any atom is 0.325 e. The third kappa shape index (κ3) is 3.62. The van der Waals surface area contributed by atoms with E-state index in [1.54, 1.807) is 18.3 Å². The van der Waals surface area contributed by atoms with Crippen molar-refractivity contribution in [2.75, 3.05) is 6.54 Å². The molecule has 34 heavy (non-hydrogen) atoms. The van der Waals surface area contributed by atoms with E-state index in [-0.39, 0.29) is 12.3 Å². The van der Waals surface area contributed by atoms with E-state index in [0.717, 1.165) is 27.1 Å². The molecule has 1 atom stereocenters. The summed E-state index contributed by atoms with van der Waals surface area (Å²) in [6.45, 7) is 5.94. The number of carbonyl (C=O) groups is 3. The number of Topliss-reactive ketones (excluding diaryl/α,β-unsaturated/α-hetero) is 1. The number of aryl methyl sites for hydroxylation is 1. The SMILES string of the molecule is Cc1cc(C(=O)CN2C(=O)NC(C)(c3ccc4ccccc4c3)C2=O)c(C)n1Cc1cccs1. The molecule has 0 aliphatic carbocycles. The van der Waals surface area contributed by atoms with Crippen LogP contribution in [0.3, 0.4) is 0 Å². The molecule has 2 aromatic heterocycles. The zero-order valence-electron chi connectivity index (χ0n) is 19.3. The number of thiophene rings is 1.